The molecule has 0 atom stereocenters. The molecule has 2 rings (SSSR count). The smallest absolute Gasteiger partial charge is 0.0594 e. The van der Waals surface area contributed by atoms with Gasteiger partial charge in [0.15, 0.2) is 0 Å². The molecule has 1 aliphatic heterocycles. The summed E-state index contributed by atoms with van der Waals surface area (Å²) in [6, 6.07) is 8.48. The Hall–Kier alpha value is 0.700. The number of hydrogen-bond donors (Lipinski definition) is 1. The van der Waals surface area contributed by atoms with Gasteiger partial charge in [-0.2, -0.15) is 0 Å². The van der Waals surface area contributed by atoms with E-state index in [-0.39, 0.29) is 0 Å². The van der Waals surface area contributed by atoms with Crippen LogP contribution in [0, 0.1) is 0 Å². The van der Waals surface area contributed by atoms with E-state index in [2.05, 4.69) is 54.9 Å². The van der Waals surface area contributed by atoms with Crippen LogP contribution in [-0.2, 0) is 11.3 Å². The first kappa shape index (κ1) is 14.8. The Kier molecular flexibility index (Phi) is 8.06. The molecular formula is C11H15BrINOS. The molecule has 16 heavy (non-hydrogen) atoms. The van der Waals surface area contributed by atoms with Crippen molar-refractivity contribution in [1.82, 2.24) is 4.90 Å². The zero-order valence-electron chi connectivity index (χ0n) is 8.90. The summed E-state index contributed by atoms with van der Waals surface area (Å²) in [5, 5.41) is 0. The van der Waals surface area contributed by atoms with E-state index in [1.807, 2.05) is 21.2 Å². The Morgan fingerprint density at radius 3 is 2.62 bits per heavy atom. The average Bonchev–Trinajstić information content (AvgIpc) is 2.33. The molecule has 0 spiro atoms. The van der Waals surface area contributed by atoms with Crippen molar-refractivity contribution in [3.8, 4) is 0 Å². The maximum Gasteiger partial charge on any atom is 0.0594 e. The monoisotopic (exact) mass is 415 g/mol. The second-order valence-electron chi connectivity index (χ2n) is 3.52. The molecule has 0 unspecified atom stereocenters. The SMILES string of the molecule is Brc1cccc(CN2CCOCC2)c1.SI. The van der Waals surface area contributed by atoms with E-state index >= 15 is 0 Å². The van der Waals surface area contributed by atoms with Crippen LogP contribution in [0.25, 0.3) is 0 Å². The molecule has 0 aromatic heterocycles. The van der Waals surface area contributed by atoms with Gasteiger partial charge in [0.05, 0.1) is 13.2 Å². The summed E-state index contributed by atoms with van der Waals surface area (Å²) in [7, 11) is 3.50. The van der Waals surface area contributed by atoms with Crippen LogP contribution in [0.4, 0.5) is 0 Å². The Bertz CT molecular complexity index is 308. The van der Waals surface area contributed by atoms with Gasteiger partial charge in [-0.15, -0.1) is 9.80 Å². The number of hydrogen-bond acceptors (Lipinski definition) is 3. The van der Waals surface area contributed by atoms with Gasteiger partial charge in [0.2, 0.25) is 0 Å². The highest BCUT2D eigenvalue weighted by atomic mass is 127. The predicted octanol–water partition coefficient (Wildman–Crippen LogP) is 3.55. The zero-order valence-corrected chi connectivity index (χ0v) is 13.5. The van der Waals surface area contributed by atoms with Crippen LogP contribution in [0.5, 0.6) is 0 Å². The summed E-state index contributed by atoms with van der Waals surface area (Å²) in [6.07, 6.45) is 0. The molecule has 1 aromatic carbocycles. The van der Waals surface area contributed by atoms with Crippen molar-refractivity contribution in [2.75, 3.05) is 26.3 Å². The molecule has 1 saturated heterocycles. The summed E-state index contributed by atoms with van der Waals surface area (Å²) in [5.41, 5.74) is 1.36. The molecule has 1 heterocycles. The van der Waals surface area contributed by atoms with E-state index in [4.69, 9.17) is 4.74 Å². The summed E-state index contributed by atoms with van der Waals surface area (Å²) >= 11 is 5.33. The van der Waals surface area contributed by atoms with Gasteiger partial charge in [0, 0.05) is 24.1 Å². The predicted molar refractivity (Wildman–Crippen MR) is 83.2 cm³/mol. The van der Waals surface area contributed by atoms with Gasteiger partial charge in [-0.3, -0.25) is 4.90 Å². The average molecular weight is 416 g/mol. The van der Waals surface area contributed by atoms with Gasteiger partial charge in [0.25, 0.3) is 0 Å². The third kappa shape index (κ3) is 5.35. The fourth-order valence-electron chi connectivity index (χ4n) is 1.65. The quantitative estimate of drug-likeness (QED) is 0.585. The standard InChI is InChI=1S/C11H14BrNO.HIS/c12-11-3-1-2-10(8-11)9-13-4-6-14-7-5-13;1-2/h1-3,8H,4-7,9H2;2H. The number of morpholine rings is 1. The van der Waals surface area contributed by atoms with Crippen LogP contribution in [0.15, 0.2) is 28.7 Å². The van der Waals surface area contributed by atoms with E-state index in [1.54, 1.807) is 0 Å². The van der Waals surface area contributed by atoms with E-state index in [0.717, 1.165) is 37.3 Å². The van der Waals surface area contributed by atoms with Crippen LogP contribution in [-0.4, -0.2) is 31.2 Å². The molecule has 5 heteroatoms. The normalized spacial score (nSPS) is 16.4. The Balaban J connectivity index is 0.000000606. The van der Waals surface area contributed by atoms with E-state index in [0.29, 0.717) is 0 Å². The molecule has 0 amide bonds. The lowest BCUT2D eigenvalue weighted by molar-refractivity contribution is 0.0342. The minimum Gasteiger partial charge on any atom is -0.379 e. The van der Waals surface area contributed by atoms with Crippen molar-refractivity contribution in [1.29, 1.82) is 0 Å². The third-order valence-electron chi connectivity index (χ3n) is 2.40. The first-order valence-electron chi connectivity index (χ1n) is 5.06. The number of rotatable bonds is 2. The van der Waals surface area contributed by atoms with E-state index < -0.39 is 0 Å². The molecule has 0 radical (unpaired) electrons. The molecule has 1 aromatic rings. The van der Waals surface area contributed by atoms with Crippen LogP contribution in [0.3, 0.4) is 0 Å². The number of benzene rings is 1. The van der Waals surface area contributed by atoms with E-state index in [1.165, 1.54) is 5.56 Å². The summed E-state index contributed by atoms with van der Waals surface area (Å²) in [6.45, 7) is 4.86. The van der Waals surface area contributed by atoms with Gasteiger partial charge in [-0.05, 0) is 38.9 Å². The second kappa shape index (κ2) is 8.74. The highest BCUT2D eigenvalue weighted by Crippen LogP contribution is 2.13. The van der Waals surface area contributed by atoms with E-state index in [9.17, 15) is 0 Å². The molecule has 90 valence electrons. The first-order chi connectivity index (χ1) is 7.84. The van der Waals surface area contributed by atoms with Crippen molar-refractivity contribution in [3.63, 3.8) is 0 Å². The highest BCUT2D eigenvalue weighted by Gasteiger charge is 2.10. The fraction of sp³-hybridized carbons (Fsp3) is 0.455. The lowest BCUT2D eigenvalue weighted by atomic mass is 10.2. The first-order valence-corrected chi connectivity index (χ1v) is 9.08. The maximum absolute atomic E-state index is 5.31. The molecule has 1 aliphatic rings. The van der Waals surface area contributed by atoms with Crippen molar-refractivity contribution >= 4 is 46.9 Å². The van der Waals surface area contributed by atoms with Crippen LogP contribution >= 0.6 is 46.9 Å². The molecule has 2 nitrogen and oxygen atoms in total. The largest absolute Gasteiger partial charge is 0.379 e. The van der Waals surface area contributed by atoms with Crippen molar-refractivity contribution in [2.24, 2.45) is 0 Å². The summed E-state index contributed by atoms with van der Waals surface area (Å²) in [4.78, 5) is 2.42. The third-order valence-corrected chi connectivity index (χ3v) is 2.89. The molecule has 0 N–H and O–H groups in total. The number of thiol groups is 1. The summed E-state index contributed by atoms with van der Waals surface area (Å²) in [5.74, 6) is 0. The fourth-order valence-corrected chi connectivity index (χ4v) is 2.10. The molecule has 0 bridgehead atoms. The number of halogens is 2. The van der Waals surface area contributed by atoms with Gasteiger partial charge in [0.1, 0.15) is 0 Å². The highest BCUT2D eigenvalue weighted by molar-refractivity contribution is 14.2. The Labute approximate surface area is 123 Å². The molecule has 0 saturated carbocycles. The van der Waals surface area contributed by atoms with Gasteiger partial charge in [-0.25, -0.2) is 0 Å². The van der Waals surface area contributed by atoms with Crippen LogP contribution in [0.2, 0.25) is 0 Å². The summed E-state index contributed by atoms with van der Waals surface area (Å²) < 4.78 is 6.47. The topological polar surface area (TPSA) is 12.5 Å². The maximum atomic E-state index is 5.31. The minimum absolute atomic E-state index is 0.869. The number of ether oxygens (including phenoxy) is 1. The molecule has 1 fully saturated rings. The molecular weight excluding hydrogens is 401 g/mol. The Morgan fingerprint density at radius 1 is 1.31 bits per heavy atom. The van der Waals surface area contributed by atoms with Crippen molar-refractivity contribution < 1.29 is 4.74 Å². The minimum atomic E-state index is 0.869. The Morgan fingerprint density at radius 2 is 2.00 bits per heavy atom. The lowest BCUT2D eigenvalue weighted by Crippen LogP contribution is -2.35. The van der Waals surface area contributed by atoms with Gasteiger partial charge in [-0.1, -0.05) is 28.1 Å². The lowest BCUT2D eigenvalue weighted by Gasteiger charge is -2.26. The van der Waals surface area contributed by atoms with Crippen LogP contribution in [0.1, 0.15) is 5.56 Å². The second-order valence-corrected chi connectivity index (χ2v) is 4.43. The van der Waals surface area contributed by atoms with Crippen LogP contribution < -0.4 is 0 Å². The van der Waals surface area contributed by atoms with Gasteiger partial charge >= 0.3 is 0 Å². The number of nitrogens with zero attached hydrogens (tertiary/aromatic N) is 1. The van der Waals surface area contributed by atoms with Gasteiger partial charge < -0.3 is 4.74 Å². The van der Waals surface area contributed by atoms with Crippen molar-refractivity contribution in [3.05, 3.63) is 34.3 Å². The van der Waals surface area contributed by atoms with Crippen molar-refractivity contribution in [2.45, 2.75) is 6.54 Å². The molecule has 0 aliphatic carbocycles. The zero-order chi connectivity index (χ0) is 11.8.